The van der Waals surface area contributed by atoms with Gasteiger partial charge in [-0.2, -0.15) is 5.10 Å². The number of aromatic amines is 1. The van der Waals surface area contributed by atoms with E-state index in [-0.39, 0.29) is 6.04 Å². The molecular formula is C17H22N6. The van der Waals surface area contributed by atoms with E-state index >= 15 is 0 Å². The quantitative estimate of drug-likeness (QED) is 0.785. The number of nitrogens with zero attached hydrogens (tertiary/aromatic N) is 5. The summed E-state index contributed by atoms with van der Waals surface area (Å²) in [5.41, 5.74) is 2.99. The number of imidazole rings is 1. The summed E-state index contributed by atoms with van der Waals surface area (Å²) in [5, 5.41) is 7.31. The van der Waals surface area contributed by atoms with Crippen molar-refractivity contribution in [1.29, 1.82) is 0 Å². The second-order valence-corrected chi connectivity index (χ2v) is 6.21. The van der Waals surface area contributed by atoms with Crippen LogP contribution in [0.25, 0.3) is 11.5 Å². The molecule has 0 saturated heterocycles. The van der Waals surface area contributed by atoms with Gasteiger partial charge < -0.3 is 4.57 Å². The van der Waals surface area contributed by atoms with Crippen LogP contribution < -0.4 is 0 Å². The molecule has 0 aliphatic rings. The summed E-state index contributed by atoms with van der Waals surface area (Å²) >= 11 is 0. The van der Waals surface area contributed by atoms with Crippen LogP contribution in [-0.2, 0) is 6.42 Å². The van der Waals surface area contributed by atoms with Gasteiger partial charge >= 0.3 is 0 Å². The van der Waals surface area contributed by atoms with E-state index in [2.05, 4.69) is 56.6 Å². The Morgan fingerprint density at radius 1 is 1.17 bits per heavy atom. The topological polar surface area (TPSA) is 72.3 Å². The maximum atomic E-state index is 4.65. The second-order valence-electron chi connectivity index (χ2n) is 6.21. The number of hydrogen-bond acceptors (Lipinski definition) is 4. The Labute approximate surface area is 136 Å². The standard InChI is InChI=1S/C17H22N6/c1-11(2)16-18-6-5-15(20-16)17-19-7-8-23(17)13(4)10-14-9-12(3)21-22-14/h5-9,11,13H,10H2,1-4H3,(H,21,22). The summed E-state index contributed by atoms with van der Waals surface area (Å²) < 4.78 is 2.15. The van der Waals surface area contributed by atoms with E-state index in [1.807, 2.05) is 25.4 Å². The molecule has 6 heteroatoms. The Kier molecular flexibility index (Phi) is 4.23. The van der Waals surface area contributed by atoms with E-state index in [1.165, 1.54) is 0 Å². The molecule has 23 heavy (non-hydrogen) atoms. The number of rotatable bonds is 5. The monoisotopic (exact) mass is 310 g/mol. The van der Waals surface area contributed by atoms with E-state index in [9.17, 15) is 0 Å². The average molecular weight is 310 g/mol. The second kappa shape index (κ2) is 6.32. The lowest BCUT2D eigenvalue weighted by Crippen LogP contribution is -2.10. The maximum Gasteiger partial charge on any atom is 0.159 e. The molecule has 0 radical (unpaired) electrons. The molecule has 0 spiro atoms. The van der Waals surface area contributed by atoms with Crippen LogP contribution in [0.3, 0.4) is 0 Å². The van der Waals surface area contributed by atoms with Crippen LogP contribution >= 0.6 is 0 Å². The Morgan fingerprint density at radius 3 is 2.70 bits per heavy atom. The number of hydrogen-bond donors (Lipinski definition) is 1. The summed E-state index contributed by atoms with van der Waals surface area (Å²) in [4.78, 5) is 13.5. The van der Waals surface area contributed by atoms with Gasteiger partial charge in [0.05, 0.1) is 5.69 Å². The highest BCUT2D eigenvalue weighted by molar-refractivity contribution is 5.49. The van der Waals surface area contributed by atoms with Crippen LogP contribution in [0.15, 0.2) is 30.7 Å². The van der Waals surface area contributed by atoms with Crippen molar-refractivity contribution in [1.82, 2.24) is 29.7 Å². The van der Waals surface area contributed by atoms with Crippen molar-refractivity contribution in [2.75, 3.05) is 0 Å². The predicted octanol–water partition coefficient (Wildman–Crippen LogP) is 3.30. The maximum absolute atomic E-state index is 4.65. The molecule has 0 aliphatic heterocycles. The first-order valence-corrected chi connectivity index (χ1v) is 7.91. The number of aryl methyl sites for hydroxylation is 1. The van der Waals surface area contributed by atoms with Gasteiger partial charge in [0, 0.05) is 42.7 Å². The van der Waals surface area contributed by atoms with Crippen molar-refractivity contribution in [2.45, 2.75) is 46.1 Å². The first-order valence-electron chi connectivity index (χ1n) is 7.91. The number of nitrogens with one attached hydrogen (secondary N) is 1. The highest BCUT2D eigenvalue weighted by Crippen LogP contribution is 2.22. The molecule has 3 heterocycles. The third-order valence-electron chi connectivity index (χ3n) is 3.83. The zero-order valence-electron chi connectivity index (χ0n) is 14.0. The Hall–Kier alpha value is -2.50. The molecule has 0 saturated carbocycles. The van der Waals surface area contributed by atoms with Gasteiger partial charge in [-0.3, -0.25) is 5.10 Å². The summed E-state index contributed by atoms with van der Waals surface area (Å²) in [6, 6.07) is 4.23. The van der Waals surface area contributed by atoms with Gasteiger partial charge in [0.25, 0.3) is 0 Å². The molecule has 0 bridgehead atoms. The number of H-pyrrole nitrogens is 1. The third kappa shape index (κ3) is 3.31. The minimum atomic E-state index is 0.243. The molecule has 1 unspecified atom stereocenters. The van der Waals surface area contributed by atoms with Crippen molar-refractivity contribution >= 4 is 0 Å². The SMILES string of the molecule is Cc1cc(CC(C)n2ccnc2-c2ccnc(C(C)C)n2)n[nH]1. The summed E-state index contributed by atoms with van der Waals surface area (Å²) in [7, 11) is 0. The van der Waals surface area contributed by atoms with Crippen LogP contribution in [0.2, 0.25) is 0 Å². The van der Waals surface area contributed by atoms with Gasteiger partial charge in [0.15, 0.2) is 5.82 Å². The Balaban J connectivity index is 1.88. The van der Waals surface area contributed by atoms with Gasteiger partial charge in [-0.25, -0.2) is 15.0 Å². The largest absolute Gasteiger partial charge is 0.327 e. The van der Waals surface area contributed by atoms with Crippen molar-refractivity contribution in [2.24, 2.45) is 0 Å². The first-order chi connectivity index (χ1) is 11.0. The molecule has 0 amide bonds. The fourth-order valence-corrected chi connectivity index (χ4v) is 2.62. The third-order valence-corrected chi connectivity index (χ3v) is 3.83. The molecule has 120 valence electrons. The molecule has 1 N–H and O–H groups in total. The van der Waals surface area contributed by atoms with E-state index in [0.717, 1.165) is 35.2 Å². The van der Waals surface area contributed by atoms with E-state index in [0.29, 0.717) is 5.92 Å². The summed E-state index contributed by atoms with van der Waals surface area (Å²) in [6.45, 7) is 8.36. The molecule has 3 aromatic heterocycles. The van der Waals surface area contributed by atoms with Crippen LogP contribution in [0.4, 0.5) is 0 Å². The smallest absolute Gasteiger partial charge is 0.159 e. The molecular weight excluding hydrogens is 288 g/mol. The molecule has 3 rings (SSSR count). The normalized spacial score (nSPS) is 12.7. The van der Waals surface area contributed by atoms with Gasteiger partial charge in [-0.15, -0.1) is 0 Å². The van der Waals surface area contributed by atoms with Crippen LogP contribution in [0.1, 0.15) is 49.9 Å². The Morgan fingerprint density at radius 2 is 2.00 bits per heavy atom. The van der Waals surface area contributed by atoms with Gasteiger partial charge in [-0.05, 0) is 26.0 Å². The lowest BCUT2D eigenvalue weighted by molar-refractivity contribution is 0.541. The van der Waals surface area contributed by atoms with Crippen molar-refractivity contribution in [3.8, 4) is 11.5 Å². The zero-order chi connectivity index (χ0) is 16.4. The summed E-state index contributed by atoms with van der Waals surface area (Å²) in [6.07, 6.45) is 6.46. The van der Waals surface area contributed by atoms with Gasteiger partial charge in [0.2, 0.25) is 0 Å². The highest BCUT2D eigenvalue weighted by Gasteiger charge is 2.15. The minimum Gasteiger partial charge on any atom is -0.327 e. The van der Waals surface area contributed by atoms with Gasteiger partial charge in [-0.1, -0.05) is 13.8 Å². The first kappa shape index (κ1) is 15.4. The van der Waals surface area contributed by atoms with Crippen LogP contribution in [-0.4, -0.2) is 29.7 Å². The van der Waals surface area contributed by atoms with Crippen LogP contribution in [0.5, 0.6) is 0 Å². The zero-order valence-corrected chi connectivity index (χ0v) is 14.0. The molecule has 0 fully saturated rings. The minimum absolute atomic E-state index is 0.243. The molecule has 3 aromatic rings. The predicted molar refractivity (Wildman–Crippen MR) is 89.1 cm³/mol. The lowest BCUT2D eigenvalue weighted by Gasteiger charge is -2.15. The molecule has 6 nitrogen and oxygen atoms in total. The fourth-order valence-electron chi connectivity index (χ4n) is 2.62. The molecule has 1 atom stereocenters. The van der Waals surface area contributed by atoms with Crippen molar-refractivity contribution in [3.05, 3.63) is 47.9 Å². The van der Waals surface area contributed by atoms with E-state index in [1.54, 1.807) is 6.20 Å². The number of aromatic nitrogens is 6. The van der Waals surface area contributed by atoms with Crippen LogP contribution in [0, 0.1) is 6.92 Å². The highest BCUT2D eigenvalue weighted by atomic mass is 15.1. The molecule has 0 aromatic carbocycles. The van der Waals surface area contributed by atoms with Gasteiger partial charge in [0.1, 0.15) is 11.5 Å². The molecule has 0 aliphatic carbocycles. The average Bonchev–Trinajstić information content (AvgIpc) is 3.16. The lowest BCUT2D eigenvalue weighted by atomic mass is 10.1. The van der Waals surface area contributed by atoms with Crippen molar-refractivity contribution < 1.29 is 0 Å². The summed E-state index contributed by atoms with van der Waals surface area (Å²) in [5.74, 6) is 2.00. The fraction of sp³-hybridized carbons (Fsp3) is 0.412. The van der Waals surface area contributed by atoms with E-state index < -0.39 is 0 Å². The van der Waals surface area contributed by atoms with E-state index in [4.69, 9.17) is 0 Å². The van der Waals surface area contributed by atoms with Crippen molar-refractivity contribution in [3.63, 3.8) is 0 Å². The Bertz CT molecular complexity index is 786.